The maximum absolute atomic E-state index is 11.0. The first-order valence-electron chi connectivity index (χ1n) is 15.7. The van der Waals surface area contributed by atoms with Crippen molar-refractivity contribution in [1.82, 2.24) is 0 Å². The van der Waals surface area contributed by atoms with Crippen molar-refractivity contribution in [2.45, 2.75) is 58.3 Å². The number of hydrogen-bond donors (Lipinski definition) is 1. The molecule has 0 aromatic heterocycles. The standard InChI is InChI=1S/C38H44O5S/c1-2-3-4-5-6-13-28-42-35-24-20-33(21-25-35)37(31-16-9-7-10-17-31)38(32-18-11-8-12-19-32)34-22-26-36(27-23-34)43-29-14-15-30-44(39,40)41/h7-12,16-27H,2-6,13-15,28-30H2,1H3,(H,39,40,41). The number of hydrogen-bond acceptors (Lipinski definition) is 4. The zero-order valence-corrected chi connectivity index (χ0v) is 26.5. The van der Waals surface area contributed by atoms with Crippen LogP contribution in [0.15, 0.2) is 109 Å². The van der Waals surface area contributed by atoms with Crippen LogP contribution < -0.4 is 9.47 Å². The topological polar surface area (TPSA) is 72.8 Å². The summed E-state index contributed by atoms with van der Waals surface area (Å²) < 4.78 is 42.8. The third-order valence-corrected chi connectivity index (χ3v) is 8.30. The van der Waals surface area contributed by atoms with E-state index in [0.29, 0.717) is 25.2 Å². The lowest BCUT2D eigenvalue weighted by Gasteiger charge is -2.19. The molecule has 4 aromatic rings. The Hall–Kier alpha value is -3.87. The highest BCUT2D eigenvalue weighted by atomic mass is 32.2. The predicted octanol–water partition coefficient (Wildman–Crippen LogP) is 9.48. The minimum absolute atomic E-state index is 0.255. The molecule has 232 valence electrons. The van der Waals surface area contributed by atoms with Gasteiger partial charge in [-0.2, -0.15) is 8.42 Å². The van der Waals surface area contributed by atoms with Gasteiger partial charge in [0, 0.05) is 0 Å². The summed E-state index contributed by atoms with van der Waals surface area (Å²) in [5, 5.41) is 0. The van der Waals surface area contributed by atoms with E-state index in [1.54, 1.807) is 0 Å². The molecule has 0 unspecified atom stereocenters. The Morgan fingerprint density at radius 3 is 1.34 bits per heavy atom. The normalized spacial score (nSPS) is 12.0. The number of unbranched alkanes of at least 4 members (excludes halogenated alkanes) is 6. The minimum atomic E-state index is -3.94. The third-order valence-electron chi connectivity index (χ3n) is 7.49. The summed E-state index contributed by atoms with van der Waals surface area (Å²) in [5.41, 5.74) is 6.61. The summed E-state index contributed by atoms with van der Waals surface area (Å²) >= 11 is 0. The first-order valence-corrected chi connectivity index (χ1v) is 17.3. The van der Waals surface area contributed by atoms with Crippen molar-refractivity contribution < 1.29 is 22.4 Å². The van der Waals surface area contributed by atoms with Crippen LogP contribution in [0.25, 0.3) is 11.1 Å². The monoisotopic (exact) mass is 612 g/mol. The molecule has 0 aliphatic rings. The molecule has 0 amide bonds. The van der Waals surface area contributed by atoms with Crippen LogP contribution in [0.1, 0.15) is 80.5 Å². The Balaban J connectivity index is 1.59. The molecule has 0 aliphatic heterocycles. The van der Waals surface area contributed by atoms with Gasteiger partial charge in [-0.25, -0.2) is 0 Å². The molecule has 0 saturated heterocycles. The maximum Gasteiger partial charge on any atom is 0.264 e. The molecule has 6 heteroatoms. The van der Waals surface area contributed by atoms with Gasteiger partial charge in [0.2, 0.25) is 0 Å². The smallest absolute Gasteiger partial charge is 0.264 e. The molecule has 44 heavy (non-hydrogen) atoms. The van der Waals surface area contributed by atoms with Crippen LogP contribution in [-0.2, 0) is 10.1 Å². The number of rotatable bonds is 18. The van der Waals surface area contributed by atoms with Crippen LogP contribution in [0.2, 0.25) is 0 Å². The molecular weight excluding hydrogens is 568 g/mol. The summed E-state index contributed by atoms with van der Waals surface area (Å²) in [5.74, 6) is 1.34. The molecule has 5 nitrogen and oxygen atoms in total. The second-order valence-electron chi connectivity index (χ2n) is 11.0. The van der Waals surface area contributed by atoms with Crippen LogP contribution in [-0.4, -0.2) is 31.9 Å². The highest BCUT2D eigenvalue weighted by Crippen LogP contribution is 2.37. The lowest BCUT2D eigenvalue weighted by molar-refractivity contribution is 0.304. The first-order chi connectivity index (χ1) is 21.4. The van der Waals surface area contributed by atoms with Crippen molar-refractivity contribution in [1.29, 1.82) is 0 Å². The van der Waals surface area contributed by atoms with Gasteiger partial charge in [-0.3, -0.25) is 4.55 Å². The van der Waals surface area contributed by atoms with Gasteiger partial charge >= 0.3 is 0 Å². The van der Waals surface area contributed by atoms with Crippen molar-refractivity contribution in [2.24, 2.45) is 0 Å². The van der Waals surface area contributed by atoms with Crippen LogP contribution >= 0.6 is 0 Å². The fourth-order valence-electron chi connectivity index (χ4n) is 5.20. The Bertz CT molecular complexity index is 1530. The Labute approximate surface area is 263 Å². The van der Waals surface area contributed by atoms with Crippen LogP contribution in [0.5, 0.6) is 11.5 Å². The fourth-order valence-corrected chi connectivity index (χ4v) is 5.77. The maximum atomic E-state index is 11.0. The predicted molar refractivity (Wildman–Crippen MR) is 181 cm³/mol. The molecule has 1 N–H and O–H groups in total. The van der Waals surface area contributed by atoms with Gasteiger partial charge in [0.15, 0.2) is 0 Å². The molecule has 0 atom stereocenters. The molecule has 0 radical (unpaired) electrons. The van der Waals surface area contributed by atoms with E-state index in [1.807, 2.05) is 24.3 Å². The van der Waals surface area contributed by atoms with Crippen molar-refractivity contribution in [3.05, 3.63) is 131 Å². The summed E-state index contributed by atoms with van der Waals surface area (Å²) in [6.45, 7) is 3.35. The van der Waals surface area contributed by atoms with Crippen molar-refractivity contribution in [3.8, 4) is 11.5 Å². The quantitative estimate of drug-likeness (QED) is 0.0688. The summed E-state index contributed by atoms with van der Waals surface area (Å²) in [6.07, 6.45) is 8.31. The summed E-state index contributed by atoms with van der Waals surface area (Å²) in [6, 6.07) is 37.3. The Morgan fingerprint density at radius 1 is 0.523 bits per heavy atom. The number of benzene rings is 4. The van der Waals surface area contributed by atoms with Crippen molar-refractivity contribution in [3.63, 3.8) is 0 Å². The highest BCUT2D eigenvalue weighted by Gasteiger charge is 2.16. The van der Waals surface area contributed by atoms with Crippen LogP contribution in [0.4, 0.5) is 0 Å². The van der Waals surface area contributed by atoms with Gasteiger partial charge in [-0.15, -0.1) is 0 Å². The van der Waals surface area contributed by atoms with E-state index in [9.17, 15) is 8.42 Å². The lowest BCUT2D eigenvalue weighted by Crippen LogP contribution is -2.06. The zero-order chi connectivity index (χ0) is 31.0. The highest BCUT2D eigenvalue weighted by molar-refractivity contribution is 7.85. The third kappa shape index (κ3) is 10.7. The van der Waals surface area contributed by atoms with Gasteiger partial charge in [-0.05, 0) is 76.9 Å². The van der Waals surface area contributed by atoms with Gasteiger partial charge in [-0.1, -0.05) is 124 Å². The van der Waals surface area contributed by atoms with Crippen LogP contribution in [0, 0.1) is 0 Å². The lowest BCUT2D eigenvalue weighted by atomic mass is 9.86. The minimum Gasteiger partial charge on any atom is -0.494 e. The SMILES string of the molecule is CCCCCCCCOc1ccc(C(=C(c2ccccc2)c2ccc(OCCCCS(=O)(=O)O)cc2)c2ccccc2)cc1. The zero-order valence-electron chi connectivity index (χ0n) is 25.7. The second-order valence-corrected chi connectivity index (χ2v) is 12.6. The van der Waals surface area contributed by atoms with Gasteiger partial charge in [0.25, 0.3) is 10.1 Å². The molecule has 0 spiro atoms. The summed E-state index contributed by atoms with van der Waals surface area (Å²) in [7, 11) is -3.94. The van der Waals surface area contributed by atoms with E-state index in [-0.39, 0.29) is 5.75 Å². The molecule has 0 fully saturated rings. The average Bonchev–Trinajstić information content (AvgIpc) is 3.04. The second kappa shape index (κ2) is 17.4. The molecule has 0 saturated carbocycles. The van der Waals surface area contributed by atoms with E-state index in [4.69, 9.17) is 14.0 Å². The molecule has 0 bridgehead atoms. The van der Waals surface area contributed by atoms with Gasteiger partial charge in [0.05, 0.1) is 19.0 Å². The fraction of sp³-hybridized carbons (Fsp3) is 0.316. The van der Waals surface area contributed by atoms with Crippen molar-refractivity contribution >= 4 is 21.3 Å². The largest absolute Gasteiger partial charge is 0.494 e. The van der Waals surface area contributed by atoms with E-state index >= 15 is 0 Å². The molecular formula is C38H44O5S. The van der Waals surface area contributed by atoms with E-state index < -0.39 is 10.1 Å². The van der Waals surface area contributed by atoms with E-state index in [0.717, 1.165) is 52.2 Å². The number of ether oxygens (including phenoxy) is 2. The van der Waals surface area contributed by atoms with E-state index in [1.165, 1.54) is 32.1 Å². The first kappa shape index (κ1) is 33.0. The molecule has 0 aliphatic carbocycles. The molecule has 4 rings (SSSR count). The Morgan fingerprint density at radius 2 is 0.909 bits per heavy atom. The van der Waals surface area contributed by atoms with Crippen molar-refractivity contribution in [2.75, 3.05) is 19.0 Å². The van der Waals surface area contributed by atoms with Gasteiger partial charge in [0.1, 0.15) is 11.5 Å². The molecule has 0 heterocycles. The molecule has 4 aromatic carbocycles. The Kier molecular flexibility index (Phi) is 13.1. The van der Waals surface area contributed by atoms with Gasteiger partial charge < -0.3 is 9.47 Å². The van der Waals surface area contributed by atoms with E-state index in [2.05, 4.69) is 91.9 Å². The van der Waals surface area contributed by atoms with Crippen LogP contribution in [0.3, 0.4) is 0 Å². The average molecular weight is 613 g/mol. The summed E-state index contributed by atoms with van der Waals surface area (Å²) in [4.78, 5) is 0.